The minimum absolute atomic E-state index is 0.143. The van der Waals surface area contributed by atoms with Crippen molar-refractivity contribution in [2.75, 3.05) is 6.61 Å². The van der Waals surface area contributed by atoms with E-state index in [4.69, 9.17) is 0 Å². The van der Waals surface area contributed by atoms with Crippen LogP contribution in [0.2, 0.25) is 0 Å². The fraction of sp³-hybridized carbons (Fsp3) is 0.650. The van der Waals surface area contributed by atoms with Crippen molar-refractivity contribution in [3.63, 3.8) is 0 Å². The molecule has 2 fully saturated rings. The van der Waals surface area contributed by atoms with E-state index in [1.165, 1.54) is 11.1 Å². The smallest absolute Gasteiger partial charge is 0.136 e. The first-order valence-electron chi connectivity index (χ1n) is 8.55. The fourth-order valence-electron chi connectivity index (χ4n) is 5.39. The Bertz CT molecular complexity index is 564. The summed E-state index contributed by atoms with van der Waals surface area (Å²) in [5.74, 6) is 1.93. The van der Waals surface area contributed by atoms with Gasteiger partial charge in [0.25, 0.3) is 0 Å². The highest BCUT2D eigenvalue weighted by Crippen LogP contribution is 2.67. The third kappa shape index (κ3) is 2.07. The van der Waals surface area contributed by atoms with Gasteiger partial charge < -0.3 is 5.11 Å². The number of carbonyl (C=O) groups is 1. The quantitative estimate of drug-likeness (QED) is 0.799. The van der Waals surface area contributed by atoms with E-state index in [-0.39, 0.29) is 23.9 Å². The van der Waals surface area contributed by atoms with Gasteiger partial charge in [-0.2, -0.15) is 0 Å². The Labute approximate surface area is 134 Å². The highest BCUT2D eigenvalue weighted by atomic mass is 16.3. The molecule has 0 aliphatic heterocycles. The normalized spacial score (nSPS) is 42.9. The molecule has 3 aliphatic rings. The van der Waals surface area contributed by atoms with E-state index >= 15 is 0 Å². The Morgan fingerprint density at radius 3 is 2.73 bits per heavy atom. The lowest BCUT2D eigenvalue weighted by molar-refractivity contribution is -0.126. The summed E-state index contributed by atoms with van der Waals surface area (Å²) in [5, 5.41) is 10.1. The third-order valence-electron chi connectivity index (χ3n) is 6.46. The average molecular weight is 300 g/mol. The molecule has 0 aromatic carbocycles. The van der Waals surface area contributed by atoms with Crippen LogP contribution in [0.3, 0.4) is 0 Å². The Morgan fingerprint density at radius 2 is 2.09 bits per heavy atom. The highest BCUT2D eigenvalue weighted by molar-refractivity contribution is 5.86. The summed E-state index contributed by atoms with van der Waals surface area (Å²) in [5.41, 5.74) is 2.54. The number of hydrogen-bond donors (Lipinski definition) is 1. The molecule has 0 aromatic heterocycles. The van der Waals surface area contributed by atoms with Crippen LogP contribution in [0.5, 0.6) is 0 Å². The molecule has 6 unspecified atom stereocenters. The molecule has 2 nitrogen and oxygen atoms in total. The minimum atomic E-state index is -0.145. The van der Waals surface area contributed by atoms with Gasteiger partial charge in [-0.25, -0.2) is 0 Å². The average Bonchev–Trinajstić information content (AvgIpc) is 3.04. The summed E-state index contributed by atoms with van der Waals surface area (Å²) in [4.78, 5) is 12.4. The molecule has 0 radical (unpaired) electrons. The zero-order valence-corrected chi connectivity index (χ0v) is 14.2. The van der Waals surface area contributed by atoms with E-state index in [0.717, 1.165) is 6.42 Å². The van der Waals surface area contributed by atoms with Gasteiger partial charge in [0.05, 0.1) is 6.61 Å². The molecule has 0 spiro atoms. The van der Waals surface area contributed by atoms with Gasteiger partial charge in [-0.05, 0) is 44.9 Å². The van der Waals surface area contributed by atoms with Crippen LogP contribution in [-0.2, 0) is 4.79 Å². The summed E-state index contributed by atoms with van der Waals surface area (Å²) in [6.07, 6.45) is 10.6. The van der Waals surface area contributed by atoms with Crippen molar-refractivity contribution in [3.05, 3.63) is 35.5 Å². The van der Waals surface area contributed by atoms with Gasteiger partial charge in [0.2, 0.25) is 0 Å². The number of carbonyl (C=O) groups excluding carboxylic acids is 1. The number of aliphatic hydroxyl groups excluding tert-OH is 1. The Balaban J connectivity index is 1.89. The predicted molar refractivity (Wildman–Crippen MR) is 89.2 cm³/mol. The molecule has 2 saturated carbocycles. The molecule has 0 saturated heterocycles. The molecule has 3 aliphatic carbocycles. The van der Waals surface area contributed by atoms with Crippen molar-refractivity contribution in [1.82, 2.24) is 0 Å². The number of allylic oxidation sites excluding steroid dienone is 5. The maximum Gasteiger partial charge on any atom is 0.136 e. The topological polar surface area (TPSA) is 37.3 Å². The molecule has 0 heterocycles. The molecule has 0 aromatic rings. The van der Waals surface area contributed by atoms with Crippen molar-refractivity contribution >= 4 is 5.78 Å². The SMILES string of the molecule is CC(C)=CCC=C(C)C1C=CC2(CO)C3CC(=O)C(C3C)C12. The van der Waals surface area contributed by atoms with E-state index in [9.17, 15) is 9.90 Å². The van der Waals surface area contributed by atoms with Gasteiger partial charge in [-0.3, -0.25) is 4.79 Å². The first-order chi connectivity index (χ1) is 10.4. The number of aliphatic hydroxyl groups is 1. The van der Waals surface area contributed by atoms with Crippen molar-refractivity contribution in [2.45, 2.75) is 40.5 Å². The second-order valence-electron chi connectivity index (χ2n) is 7.81. The van der Waals surface area contributed by atoms with E-state index in [0.29, 0.717) is 30.0 Å². The van der Waals surface area contributed by atoms with Crippen LogP contribution < -0.4 is 0 Å². The standard InChI is InChI=1S/C20H28O2/c1-12(2)6-5-7-13(3)15-8-9-20(11-21)16-10-17(22)18(14(16)4)19(15)20/h6-9,14-16,18-19,21H,5,10-11H2,1-4H3. The van der Waals surface area contributed by atoms with E-state index in [2.05, 4.69) is 52.0 Å². The Kier molecular flexibility index (Phi) is 3.92. The first-order valence-corrected chi connectivity index (χ1v) is 8.55. The number of rotatable bonds is 4. The minimum Gasteiger partial charge on any atom is -0.395 e. The van der Waals surface area contributed by atoms with Crippen LogP contribution in [0.15, 0.2) is 35.5 Å². The van der Waals surface area contributed by atoms with Crippen LogP contribution >= 0.6 is 0 Å². The molecular formula is C20H28O2. The molecular weight excluding hydrogens is 272 g/mol. The maximum atomic E-state index is 12.4. The lowest BCUT2D eigenvalue weighted by atomic mass is 9.65. The van der Waals surface area contributed by atoms with Gasteiger partial charge in [-0.1, -0.05) is 42.4 Å². The number of hydrogen-bond acceptors (Lipinski definition) is 2. The largest absolute Gasteiger partial charge is 0.395 e. The van der Waals surface area contributed by atoms with Gasteiger partial charge >= 0.3 is 0 Å². The molecule has 0 amide bonds. The van der Waals surface area contributed by atoms with Crippen LogP contribution in [0.1, 0.15) is 40.5 Å². The van der Waals surface area contributed by atoms with Crippen LogP contribution in [-0.4, -0.2) is 17.5 Å². The third-order valence-corrected chi connectivity index (χ3v) is 6.46. The van der Waals surface area contributed by atoms with Crippen LogP contribution in [0, 0.1) is 35.0 Å². The number of Topliss-reactive ketones (excluding diaryl/α,β-unsaturated/α-hetero) is 1. The summed E-state index contributed by atoms with van der Waals surface area (Å²) in [6.45, 7) is 8.81. The predicted octanol–water partition coefficient (Wildman–Crippen LogP) is 3.92. The lowest BCUT2D eigenvalue weighted by Gasteiger charge is -2.39. The lowest BCUT2D eigenvalue weighted by Crippen LogP contribution is -2.41. The van der Waals surface area contributed by atoms with Gasteiger partial charge in [0.15, 0.2) is 0 Å². The second-order valence-corrected chi connectivity index (χ2v) is 7.81. The van der Waals surface area contributed by atoms with Crippen LogP contribution in [0.25, 0.3) is 0 Å². The molecule has 1 N–H and O–H groups in total. The summed E-state index contributed by atoms with van der Waals surface area (Å²) >= 11 is 0. The van der Waals surface area contributed by atoms with Gasteiger partial charge in [0, 0.05) is 23.7 Å². The van der Waals surface area contributed by atoms with Gasteiger partial charge in [-0.15, -0.1) is 0 Å². The van der Waals surface area contributed by atoms with E-state index < -0.39 is 0 Å². The highest BCUT2D eigenvalue weighted by Gasteiger charge is 2.67. The Morgan fingerprint density at radius 1 is 1.36 bits per heavy atom. The van der Waals surface area contributed by atoms with Crippen LogP contribution in [0.4, 0.5) is 0 Å². The molecule has 120 valence electrons. The fourth-order valence-corrected chi connectivity index (χ4v) is 5.39. The first kappa shape index (κ1) is 15.7. The summed E-state index contributed by atoms with van der Waals surface area (Å²) in [6, 6.07) is 0. The van der Waals surface area contributed by atoms with Crippen molar-refractivity contribution in [1.29, 1.82) is 0 Å². The Hall–Kier alpha value is -1.15. The second kappa shape index (κ2) is 5.49. The van der Waals surface area contributed by atoms with E-state index in [1.54, 1.807) is 0 Å². The number of fused-ring (bicyclic) bond motifs is 5. The zero-order valence-electron chi connectivity index (χ0n) is 14.2. The monoisotopic (exact) mass is 300 g/mol. The van der Waals surface area contributed by atoms with E-state index in [1.807, 2.05) is 0 Å². The summed E-state index contributed by atoms with van der Waals surface area (Å²) < 4.78 is 0. The van der Waals surface area contributed by atoms with Crippen molar-refractivity contribution in [3.8, 4) is 0 Å². The molecule has 6 atom stereocenters. The zero-order chi connectivity index (χ0) is 16.1. The van der Waals surface area contributed by atoms with Crippen molar-refractivity contribution in [2.24, 2.45) is 35.0 Å². The molecule has 2 bridgehead atoms. The molecule has 3 rings (SSSR count). The van der Waals surface area contributed by atoms with Crippen molar-refractivity contribution < 1.29 is 9.90 Å². The number of ketones is 1. The maximum absolute atomic E-state index is 12.4. The molecule has 2 heteroatoms. The molecule has 22 heavy (non-hydrogen) atoms. The summed E-state index contributed by atoms with van der Waals surface area (Å²) in [7, 11) is 0. The van der Waals surface area contributed by atoms with Gasteiger partial charge in [0.1, 0.15) is 5.78 Å².